The van der Waals surface area contributed by atoms with Gasteiger partial charge in [-0.05, 0) is 42.4 Å². The number of aromatic nitrogens is 2. The van der Waals surface area contributed by atoms with E-state index in [0.717, 1.165) is 21.4 Å². The van der Waals surface area contributed by atoms with Gasteiger partial charge in [0, 0.05) is 23.4 Å². The Kier molecular flexibility index (Phi) is 3.61. The van der Waals surface area contributed by atoms with Crippen LogP contribution in [0.5, 0.6) is 0 Å². The van der Waals surface area contributed by atoms with Crippen molar-refractivity contribution in [1.82, 2.24) is 9.13 Å². The van der Waals surface area contributed by atoms with Gasteiger partial charge in [-0.3, -0.25) is 9.13 Å². The summed E-state index contributed by atoms with van der Waals surface area (Å²) < 4.78 is 4.48. The van der Waals surface area contributed by atoms with E-state index in [9.17, 15) is 4.79 Å². The summed E-state index contributed by atoms with van der Waals surface area (Å²) >= 11 is 7.52. The molecule has 2 aromatic rings. The summed E-state index contributed by atoms with van der Waals surface area (Å²) in [6.07, 6.45) is 2.68. The summed E-state index contributed by atoms with van der Waals surface area (Å²) in [6.45, 7) is 2.30. The van der Waals surface area contributed by atoms with Crippen molar-refractivity contribution in [3.8, 4) is 0 Å². The molecule has 2 atom stereocenters. The predicted molar refractivity (Wildman–Crippen MR) is 89.4 cm³/mol. The van der Waals surface area contributed by atoms with E-state index < -0.39 is 0 Å². The second kappa shape index (κ2) is 5.02. The molecule has 3 rings (SSSR count). The zero-order valence-corrected chi connectivity index (χ0v) is 15.0. The lowest BCUT2D eigenvalue weighted by atomic mass is 9.96. The maximum atomic E-state index is 12.0. The zero-order chi connectivity index (χ0) is 14.6. The Labute approximate surface area is 135 Å². The van der Waals surface area contributed by atoms with E-state index in [0.29, 0.717) is 10.7 Å². The highest BCUT2D eigenvalue weighted by molar-refractivity contribution is 9.11. The normalized spacial score (nSPS) is 18.4. The second-order valence-corrected chi connectivity index (χ2v) is 7.70. The van der Waals surface area contributed by atoms with Crippen LogP contribution >= 0.6 is 31.9 Å². The number of nitrogens with zero attached hydrogens (tertiary/aromatic N) is 2. The van der Waals surface area contributed by atoms with Crippen molar-refractivity contribution in [2.24, 2.45) is 25.9 Å². The fourth-order valence-corrected chi connectivity index (χ4v) is 4.59. The fraction of sp³-hybridized carbons (Fsp3) is 0.533. The summed E-state index contributed by atoms with van der Waals surface area (Å²) in [7, 11) is 3.64. The van der Waals surface area contributed by atoms with Crippen LogP contribution in [0.15, 0.2) is 21.4 Å². The quantitative estimate of drug-likeness (QED) is 0.710. The molecule has 1 aliphatic carbocycles. The lowest BCUT2D eigenvalue weighted by Crippen LogP contribution is -2.19. The molecule has 5 heteroatoms. The number of halogens is 2. The third kappa shape index (κ3) is 2.19. The summed E-state index contributed by atoms with van der Waals surface area (Å²) in [4.78, 5) is 12.4. The molecule has 1 aromatic heterocycles. The Balaban J connectivity index is 2.14. The molecule has 20 heavy (non-hydrogen) atoms. The number of fused-ring (bicyclic) bond motifs is 1. The molecule has 1 aliphatic rings. The number of rotatable bonds is 3. The molecule has 2 unspecified atom stereocenters. The van der Waals surface area contributed by atoms with E-state index in [-0.39, 0.29) is 5.69 Å². The molecular weight excluding hydrogens is 384 g/mol. The SMILES string of the molecule is CC(C1CC1)C(Br)c1cc2c(cc1Br)n(C)c(=O)n2C. The Morgan fingerprint density at radius 1 is 1.20 bits per heavy atom. The van der Waals surface area contributed by atoms with Gasteiger partial charge in [0.15, 0.2) is 0 Å². The van der Waals surface area contributed by atoms with Crippen LogP contribution in [-0.4, -0.2) is 9.13 Å². The highest BCUT2D eigenvalue weighted by Gasteiger charge is 2.33. The van der Waals surface area contributed by atoms with Gasteiger partial charge < -0.3 is 0 Å². The summed E-state index contributed by atoms with van der Waals surface area (Å²) in [6, 6.07) is 4.19. The molecular formula is C15H18Br2N2O. The molecule has 1 aromatic carbocycles. The summed E-state index contributed by atoms with van der Waals surface area (Å²) in [5.41, 5.74) is 3.21. The number of alkyl halides is 1. The standard InChI is InChI=1S/C15H18Br2N2O/c1-8(9-4-5-9)14(17)10-6-12-13(7-11(10)16)19(3)15(20)18(12)2/h6-9,14H,4-5H2,1-3H3. The van der Waals surface area contributed by atoms with E-state index in [2.05, 4.69) is 50.9 Å². The van der Waals surface area contributed by atoms with Gasteiger partial charge in [-0.15, -0.1) is 0 Å². The van der Waals surface area contributed by atoms with Gasteiger partial charge in [-0.25, -0.2) is 4.79 Å². The van der Waals surface area contributed by atoms with Crippen molar-refractivity contribution >= 4 is 42.9 Å². The molecule has 0 amide bonds. The van der Waals surface area contributed by atoms with Gasteiger partial charge in [-0.1, -0.05) is 38.8 Å². The number of imidazole rings is 1. The van der Waals surface area contributed by atoms with Crippen LogP contribution in [0, 0.1) is 11.8 Å². The van der Waals surface area contributed by atoms with Gasteiger partial charge in [-0.2, -0.15) is 0 Å². The molecule has 1 heterocycles. The van der Waals surface area contributed by atoms with Crippen LogP contribution in [0.3, 0.4) is 0 Å². The minimum Gasteiger partial charge on any atom is -0.295 e. The molecule has 3 nitrogen and oxygen atoms in total. The Bertz CT molecular complexity index is 728. The van der Waals surface area contributed by atoms with Crippen LogP contribution in [0.2, 0.25) is 0 Å². The summed E-state index contributed by atoms with van der Waals surface area (Å²) in [5.74, 6) is 1.45. The third-order valence-corrected chi connectivity index (χ3v) is 6.53. The van der Waals surface area contributed by atoms with Crippen LogP contribution in [0.25, 0.3) is 11.0 Å². The number of benzene rings is 1. The van der Waals surface area contributed by atoms with Crippen LogP contribution in [0.4, 0.5) is 0 Å². The maximum absolute atomic E-state index is 12.0. The molecule has 0 spiro atoms. The Morgan fingerprint density at radius 3 is 2.30 bits per heavy atom. The first-order valence-electron chi connectivity index (χ1n) is 6.90. The Hall–Kier alpha value is -0.550. The topological polar surface area (TPSA) is 26.9 Å². The maximum Gasteiger partial charge on any atom is 0.328 e. The number of aryl methyl sites for hydroxylation is 2. The largest absolute Gasteiger partial charge is 0.328 e. The molecule has 0 bridgehead atoms. The Morgan fingerprint density at radius 2 is 1.75 bits per heavy atom. The first-order chi connectivity index (χ1) is 9.41. The van der Waals surface area contributed by atoms with Gasteiger partial charge >= 0.3 is 5.69 Å². The predicted octanol–water partition coefficient (Wildman–Crippen LogP) is 4.12. The van der Waals surface area contributed by atoms with Crippen molar-refractivity contribution in [1.29, 1.82) is 0 Å². The van der Waals surface area contributed by atoms with Crippen molar-refractivity contribution in [2.75, 3.05) is 0 Å². The average molecular weight is 402 g/mol. The number of hydrogen-bond donors (Lipinski definition) is 0. The lowest BCUT2D eigenvalue weighted by Gasteiger charge is -2.20. The summed E-state index contributed by atoms with van der Waals surface area (Å²) in [5, 5.41) is 0. The molecule has 0 saturated heterocycles. The second-order valence-electron chi connectivity index (χ2n) is 5.86. The minimum absolute atomic E-state index is 0.0189. The first kappa shape index (κ1) is 14.4. The van der Waals surface area contributed by atoms with Crippen molar-refractivity contribution in [2.45, 2.75) is 24.6 Å². The van der Waals surface area contributed by atoms with E-state index in [4.69, 9.17) is 0 Å². The molecule has 0 radical (unpaired) electrons. The monoisotopic (exact) mass is 400 g/mol. The molecule has 0 N–H and O–H groups in total. The molecule has 0 aliphatic heterocycles. The van der Waals surface area contributed by atoms with Crippen molar-refractivity contribution in [3.05, 3.63) is 32.7 Å². The van der Waals surface area contributed by atoms with E-state index in [1.165, 1.54) is 18.4 Å². The number of hydrogen-bond acceptors (Lipinski definition) is 1. The average Bonchev–Trinajstić information content (AvgIpc) is 3.24. The van der Waals surface area contributed by atoms with Crippen molar-refractivity contribution in [3.63, 3.8) is 0 Å². The van der Waals surface area contributed by atoms with Gasteiger partial charge in [0.05, 0.1) is 11.0 Å². The molecule has 1 saturated carbocycles. The smallest absolute Gasteiger partial charge is 0.295 e. The highest BCUT2D eigenvalue weighted by atomic mass is 79.9. The third-order valence-electron chi connectivity index (χ3n) is 4.51. The van der Waals surface area contributed by atoms with Crippen molar-refractivity contribution < 1.29 is 0 Å². The van der Waals surface area contributed by atoms with E-state index in [1.54, 1.807) is 9.13 Å². The van der Waals surface area contributed by atoms with Gasteiger partial charge in [0.2, 0.25) is 0 Å². The van der Waals surface area contributed by atoms with Crippen LogP contribution in [-0.2, 0) is 14.1 Å². The lowest BCUT2D eigenvalue weighted by molar-refractivity contribution is 0.502. The zero-order valence-electron chi connectivity index (χ0n) is 11.9. The van der Waals surface area contributed by atoms with Crippen LogP contribution < -0.4 is 5.69 Å². The van der Waals surface area contributed by atoms with Gasteiger partial charge in [0.1, 0.15) is 0 Å². The van der Waals surface area contributed by atoms with Gasteiger partial charge in [0.25, 0.3) is 0 Å². The highest BCUT2D eigenvalue weighted by Crippen LogP contribution is 2.47. The first-order valence-corrected chi connectivity index (χ1v) is 8.61. The van der Waals surface area contributed by atoms with Crippen LogP contribution in [0.1, 0.15) is 30.2 Å². The van der Waals surface area contributed by atoms with E-state index >= 15 is 0 Å². The molecule has 108 valence electrons. The fourth-order valence-electron chi connectivity index (χ4n) is 2.89. The minimum atomic E-state index is 0.0189. The van der Waals surface area contributed by atoms with E-state index in [1.807, 2.05) is 14.1 Å². The molecule has 1 fully saturated rings.